The number of carboxylic acids is 2. The van der Waals surface area contributed by atoms with Gasteiger partial charge in [0, 0.05) is 50.8 Å². The summed E-state index contributed by atoms with van der Waals surface area (Å²) in [6.07, 6.45) is 3.52. The molecule has 0 saturated heterocycles. The minimum Gasteiger partial charge on any atom is -0.478 e. The molecule has 2 N–H and O–H groups in total. The molecule has 3 heterocycles. The number of fused-ring (bicyclic) bond motifs is 5. The van der Waals surface area contributed by atoms with Crippen LogP contribution in [-0.4, -0.2) is 32.1 Å². The van der Waals surface area contributed by atoms with Crippen molar-refractivity contribution < 1.29 is 66.8 Å². The number of nitrogens with zero attached hydrogens (tertiary/aromatic N) is 2. The first-order chi connectivity index (χ1) is 38.6. The molecular formula is C65H50CuF6N2O5P3+2. The van der Waals surface area contributed by atoms with Gasteiger partial charge in [-0.25, -0.2) is 9.59 Å². The van der Waals surface area contributed by atoms with Crippen LogP contribution in [0.1, 0.15) is 45.7 Å². The Balaban J connectivity index is 0.000000180. The molecule has 0 aliphatic carbocycles. The van der Waals surface area contributed by atoms with Crippen molar-refractivity contribution in [1.82, 2.24) is 9.97 Å². The van der Waals surface area contributed by atoms with Crippen molar-refractivity contribution >= 4 is 89.2 Å². The number of hydrogen-bond donors (Lipinski definition) is 2. The van der Waals surface area contributed by atoms with Crippen LogP contribution in [0.15, 0.2) is 243 Å². The summed E-state index contributed by atoms with van der Waals surface area (Å²) in [6, 6.07) is 78.9. The number of ether oxygens (including phenoxy) is 1. The Kier molecular flexibility index (Phi) is 16.5. The van der Waals surface area contributed by atoms with Gasteiger partial charge in [0.2, 0.25) is 0 Å². The van der Waals surface area contributed by atoms with E-state index in [2.05, 4.69) is 182 Å². The van der Waals surface area contributed by atoms with E-state index in [-0.39, 0.29) is 33.6 Å². The van der Waals surface area contributed by atoms with Crippen LogP contribution in [0.3, 0.4) is 0 Å². The van der Waals surface area contributed by atoms with Crippen LogP contribution >= 0.6 is 23.7 Å². The molecule has 1 aliphatic heterocycles. The molecular weight excluding hydrogens is 1160 g/mol. The molecule has 11 aromatic rings. The van der Waals surface area contributed by atoms with Gasteiger partial charge in [-0.2, -0.15) is 0 Å². The fraction of sp³-hybridized carbons (Fsp3) is 0.0462. The van der Waals surface area contributed by atoms with Crippen molar-refractivity contribution in [3.63, 3.8) is 0 Å². The molecule has 0 saturated carbocycles. The summed E-state index contributed by atoms with van der Waals surface area (Å²) in [5, 5.41) is 28.1. The molecule has 1 aliphatic rings. The second-order valence-corrected chi connectivity index (χ2v) is 26.5. The summed E-state index contributed by atoms with van der Waals surface area (Å²) in [6.45, 7) is 4.71. The van der Waals surface area contributed by atoms with Crippen molar-refractivity contribution in [2.75, 3.05) is 0 Å². The van der Waals surface area contributed by atoms with Crippen LogP contribution in [0.2, 0.25) is 0 Å². The first kappa shape index (κ1) is 58.6. The van der Waals surface area contributed by atoms with Gasteiger partial charge in [0.15, 0.2) is 11.5 Å². The van der Waals surface area contributed by atoms with E-state index in [0.29, 0.717) is 0 Å². The van der Waals surface area contributed by atoms with Crippen LogP contribution in [0.5, 0.6) is 11.5 Å². The van der Waals surface area contributed by atoms with E-state index in [4.69, 9.17) is 14.9 Å². The number of carbonyl (C=O) groups is 2. The fourth-order valence-corrected chi connectivity index (χ4v) is 15.4. The van der Waals surface area contributed by atoms with E-state index in [1.807, 2.05) is 24.3 Å². The molecule has 416 valence electrons. The van der Waals surface area contributed by atoms with Crippen LogP contribution in [-0.2, 0) is 22.5 Å². The molecule has 0 radical (unpaired) electrons. The Hall–Kier alpha value is -8.07. The summed E-state index contributed by atoms with van der Waals surface area (Å²) in [5.41, 5.74) is 7.90. The fourth-order valence-electron chi connectivity index (χ4n) is 10.0. The summed E-state index contributed by atoms with van der Waals surface area (Å²) >= 11 is 0. The van der Waals surface area contributed by atoms with Crippen molar-refractivity contribution in [2.24, 2.45) is 0 Å². The maximum Gasteiger partial charge on any atom is 1.00 e. The first-order valence-corrected chi connectivity index (χ1v) is 30.4. The second kappa shape index (κ2) is 23.1. The zero-order valence-electron chi connectivity index (χ0n) is 43.6. The van der Waals surface area contributed by atoms with Gasteiger partial charge in [0.25, 0.3) is 0 Å². The van der Waals surface area contributed by atoms with Crippen molar-refractivity contribution in [1.29, 1.82) is 0 Å². The van der Waals surface area contributed by atoms with Gasteiger partial charge in [-0.05, 0) is 108 Å². The largest absolute Gasteiger partial charge is 1.00 e. The number of pyridine rings is 2. The molecule has 82 heavy (non-hydrogen) atoms. The molecule has 0 atom stereocenters. The van der Waals surface area contributed by atoms with Gasteiger partial charge in [-0.3, -0.25) is 9.97 Å². The number of rotatable bonds is 10. The average Bonchev–Trinajstić information content (AvgIpc) is 1.45. The van der Waals surface area contributed by atoms with Crippen LogP contribution in [0, 0.1) is 0 Å². The van der Waals surface area contributed by atoms with E-state index in [1.165, 1.54) is 43.0 Å². The Labute approximate surface area is 481 Å². The minimum absolute atomic E-state index is 0. The number of halogens is 6. The molecule has 7 nitrogen and oxygen atoms in total. The van der Waals surface area contributed by atoms with E-state index in [0.717, 1.165) is 55.6 Å². The van der Waals surface area contributed by atoms with E-state index in [9.17, 15) is 34.8 Å². The quantitative estimate of drug-likeness (QED) is 0.0607. The van der Waals surface area contributed by atoms with Crippen molar-refractivity contribution in [3.8, 4) is 33.8 Å². The zero-order valence-corrected chi connectivity index (χ0v) is 47.5. The SMILES string of the molecule is CC1(C)c2cccc([PH+](c3ccccc3)c3ccccc3)c2Oc2c([PH+](c3ccccc3)c3ccccc3)cccc21.F[P-](F)(F)(F)(F)F.O=C(O)c1ccc(-c2cnc3c(ccc4cc(-c5ccc(C(=O)O)cc5)cnc43)c2)cc1.[Cu+]. The number of hydrogen-bond acceptors (Lipinski definition) is 5. The van der Waals surface area contributed by atoms with E-state index >= 15 is 0 Å². The third-order valence-corrected chi connectivity index (χ3v) is 19.3. The van der Waals surface area contributed by atoms with Gasteiger partial charge < -0.3 is 14.9 Å². The number of aromatic carboxylic acids is 2. The van der Waals surface area contributed by atoms with E-state index in [1.54, 1.807) is 60.9 Å². The molecule has 0 amide bonds. The van der Waals surface area contributed by atoms with Crippen LogP contribution in [0.25, 0.3) is 44.1 Å². The maximum atomic E-state index is 11.1. The third kappa shape index (κ3) is 13.6. The molecule has 2 aromatic heterocycles. The molecule has 12 rings (SSSR count). The summed E-state index contributed by atoms with van der Waals surface area (Å²) < 4.78 is 66.5. The van der Waals surface area contributed by atoms with E-state index < -0.39 is 35.6 Å². The Morgan fingerprint density at radius 1 is 0.427 bits per heavy atom. The molecule has 0 spiro atoms. The molecule has 0 unspecified atom stereocenters. The topological polar surface area (TPSA) is 110 Å². The maximum absolute atomic E-state index is 11.1. The standard InChI is InChI=1S/C39H32OP2.C26H16N2O4.Cu.F6P/c1-39(2)33-25-15-27-35(41(29-17-7-3-8-18-29)30-19-9-4-10-20-30)37(33)40-38-34(39)26-16-28-36(38)42(31-21-11-5-12-22-31)32-23-13-6-14-24-32;29-25(30)17-5-1-15(2-6-17)21-11-19-9-10-20-12-22(14-28-24(20)23(19)27-13-21)16-3-7-18(8-4-16)26(31)32;;1-7(2,3,4,5)6/h3-28H,1-2H3;1-14H,(H,29,30)(H,31,32);;/q;;+1;-1/p+2. The minimum atomic E-state index is -10.7. The Morgan fingerprint density at radius 2 is 0.732 bits per heavy atom. The van der Waals surface area contributed by atoms with Crippen molar-refractivity contribution in [2.45, 2.75) is 19.3 Å². The number of benzene rings is 9. The van der Waals surface area contributed by atoms with Gasteiger partial charge in [0.05, 0.1) is 22.2 Å². The number of carboxylic acid groups (broad SMARTS) is 2. The first-order valence-electron chi connectivity index (χ1n) is 25.4. The Morgan fingerprint density at radius 3 is 1.02 bits per heavy atom. The summed E-state index contributed by atoms with van der Waals surface area (Å²) in [5.74, 6) is 0.156. The van der Waals surface area contributed by atoms with Gasteiger partial charge in [-0.15, -0.1) is 0 Å². The predicted molar refractivity (Wildman–Crippen MR) is 321 cm³/mol. The monoisotopic (exact) mass is 1210 g/mol. The average molecular weight is 1210 g/mol. The summed E-state index contributed by atoms with van der Waals surface area (Å²) in [7, 11) is -13.3. The number of aromatic nitrogens is 2. The van der Waals surface area contributed by atoms with Gasteiger partial charge in [0.1, 0.15) is 47.7 Å². The van der Waals surface area contributed by atoms with Crippen LogP contribution < -0.4 is 36.6 Å². The Bertz CT molecular complexity index is 3780. The zero-order chi connectivity index (χ0) is 57.2. The molecule has 17 heteroatoms. The normalized spacial score (nSPS) is 13.1. The molecule has 0 bridgehead atoms. The molecule has 0 fully saturated rings. The van der Waals surface area contributed by atoms with Gasteiger partial charge in [-0.1, -0.05) is 147 Å². The second-order valence-electron chi connectivity index (χ2n) is 19.7. The summed E-state index contributed by atoms with van der Waals surface area (Å²) in [4.78, 5) is 31.4. The van der Waals surface area contributed by atoms with Crippen LogP contribution in [0.4, 0.5) is 25.2 Å². The smallest absolute Gasteiger partial charge is 0.478 e. The van der Waals surface area contributed by atoms with Crippen molar-refractivity contribution in [3.05, 3.63) is 265 Å². The van der Waals surface area contributed by atoms with Gasteiger partial charge >= 0.3 is 62.0 Å². The number of para-hydroxylation sites is 2. The third-order valence-electron chi connectivity index (χ3n) is 13.8. The molecule has 9 aromatic carbocycles. The predicted octanol–water partition coefficient (Wildman–Crippen LogP) is 16.0.